The van der Waals surface area contributed by atoms with E-state index in [1.807, 2.05) is 0 Å². The molecule has 0 spiro atoms. The maximum Gasteiger partial charge on any atom is 0.321 e. The largest absolute Gasteiger partial charge is 0.480 e. The van der Waals surface area contributed by atoms with Gasteiger partial charge in [-0.05, 0) is 18.8 Å². The van der Waals surface area contributed by atoms with Gasteiger partial charge < -0.3 is 10.8 Å². The Balaban J connectivity index is 2.20. The molecule has 82 valence electrons. The van der Waals surface area contributed by atoms with E-state index in [1.54, 1.807) is 11.8 Å². The van der Waals surface area contributed by atoms with Crippen LogP contribution in [0.1, 0.15) is 32.6 Å². The number of carboxylic acid groups (broad SMARTS) is 1. The zero-order valence-corrected chi connectivity index (χ0v) is 9.43. The van der Waals surface area contributed by atoms with E-state index in [9.17, 15) is 4.79 Å². The monoisotopic (exact) mass is 217 g/mol. The lowest BCUT2D eigenvalue weighted by atomic mass is 9.91. The average Bonchev–Trinajstić information content (AvgIpc) is 2.14. The van der Waals surface area contributed by atoms with Crippen LogP contribution in [0.25, 0.3) is 0 Å². The van der Waals surface area contributed by atoms with Gasteiger partial charge in [-0.1, -0.05) is 19.8 Å². The number of rotatable bonds is 4. The van der Waals surface area contributed by atoms with Gasteiger partial charge in [-0.2, -0.15) is 11.8 Å². The summed E-state index contributed by atoms with van der Waals surface area (Å²) in [7, 11) is 0. The van der Waals surface area contributed by atoms with Crippen molar-refractivity contribution in [3.8, 4) is 0 Å². The first-order chi connectivity index (χ1) is 6.59. The SMILES string of the molecule is CC1CCCC(SC[C@@H](N)C(=O)O)C1. The molecule has 0 aromatic heterocycles. The Morgan fingerprint density at radius 1 is 1.64 bits per heavy atom. The molecule has 0 aromatic rings. The molecule has 2 unspecified atom stereocenters. The maximum atomic E-state index is 10.5. The highest BCUT2D eigenvalue weighted by Crippen LogP contribution is 2.31. The maximum absolute atomic E-state index is 10.5. The number of aliphatic carboxylic acids is 1. The quantitative estimate of drug-likeness (QED) is 0.752. The second-order valence-corrected chi connectivity index (χ2v) is 5.51. The van der Waals surface area contributed by atoms with Crippen molar-refractivity contribution in [1.29, 1.82) is 0 Å². The molecule has 14 heavy (non-hydrogen) atoms. The third-order valence-electron chi connectivity index (χ3n) is 2.72. The van der Waals surface area contributed by atoms with Gasteiger partial charge in [0.2, 0.25) is 0 Å². The van der Waals surface area contributed by atoms with Gasteiger partial charge in [0.05, 0.1) is 0 Å². The molecule has 0 bridgehead atoms. The van der Waals surface area contributed by atoms with E-state index in [4.69, 9.17) is 10.8 Å². The molecule has 0 aliphatic heterocycles. The van der Waals surface area contributed by atoms with Crippen LogP contribution in [-0.2, 0) is 4.79 Å². The minimum atomic E-state index is -0.888. The van der Waals surface area contributed by atoms with Gasteiger partial charge in [0.25, 0.3) is 0 Å². The van der Waals surface area contributed by atoms with E-state index >= 15 is 0 Å². The Hall–Kier alpha value is -0.220. The highest BCUT2D eigenvalue weighted by molar-refractivity contribution is 7.99. The van der Waals surface area contributed by atoms with E-state index in [1.165, 1.54) is 25.7 Å². The highest BCUT2D eigenvalue weighted by atomic mass is 32.2. The van der Waals surface area contributed by atoms with Crippen LogP contribution in [0.4, 0.5) is 0 Å². The number of thioether (sulfide) groups is 1. The molecule has 0 amide bonds. The van der Waals surface area contributed by atoms with Crippen LogP contribution in [0.5, 0.6) is 0 Å². The van der Waals surface area contributed by atoms with Crippen LogP contribution in [-0.4, -0.2) is 28.1 Å². The summed E-state index contributed by atoms with van der Waals surface area (Å²) in [5.74, 6) is 0.455. The Labute approximate surface area is 89.4 Å². The number of hydrogen-bond acceptors (Lipinski definition) is 3. The Bertz CT molecular complexity index is 199. The normalized spacial score (nSPS) is 29.9. The van der Waals surface area contributed by atoms with Crippen molar-refractivity contribution in [2.24, 2.45) is 11.7 Å². The van der Waals surface area contributed by atoms with Crippen molar-refractivity contribution in [2.45, 2.75) is 43.9 Å². The van der Waals surface area contributed by atoms with Crippen LogP contribution in [0.2, 0.25) is 0 Å². The predicted octanol–water partition coefficient (Wildman–Crippen LogP) is 1.71. The van der Waals surface area contributed by atoms with Gasteiger partial charge in [-0.3, -0.25) is 4.79 Å². The fraction of sp³-hybridized carbons (Fsp3) is 0.900. The Morgan fingerprint density at radius 2 is 2.36 bits per heavy atom. The second kappa shape index (κ2) is 5.61. The summed E-state index contributed by atoms with van der Waals surface area (Å²) in [5.41, 5.74) is 5.45. The van der Waals surface area contributed by atoms with Gasteiger partial charge in [-0.25, -0.2) is 0 Å². The van der Waals surface area contributed by atoms with Gasteiger partial charge in [-0.15, -0.1) is 0 Å². The summed E-state index contributed by atoms with van der Waals surface area (Å²) in [6.07, 6.45) is 5.04. The van der Waals surface area contributed by atoms with E-state index in [0.717, 1.165) is 5.92 Å². The zero-order valence-electron chi connectivity index (χ0n) is 8.61. The van der Waals surface area contributed by atoms with Gasteiger partial charge in [0.1, 0.15) is 6.04 Å². The summed E-state index contributed by atoms with van der Waals surface area (Å²) in [6.45, 7) is 2.27. The molecule has 0 saturated heterocycles. The molecule has 3 nitrogen and oxygen atoms in total. The lowest BCUT2D eigenvalue weighted by Gasteiger charge is -2.26. The molecule has 1 saturated carbocycles. The van der Waals surface area contributed by atoms with Crippen molar-refractivity contribution in [1.82, 2.24) is 0 Å². The second-order valence-electron chi connectivity index (χ2n) is 4.17. The van der Waals surface area contributed by atoms with Crippen molar-refractivity contribution >= 4 is 17.7 Å². The molecule has 4 heteroatoms. The van der Waals surface area contributed by atoms with Crippen molar-refractivity contribution in [2.75, 3.05) is 5.75 Å². The number of carboxylic acids is 1. The molecular weight excluding hydrogens is 198 g/mol. The van der Waals surface area contributed by atoms with Crippen molar-refractivity contribution in [3.63, 3.8) is 0 Å². The predicted molar refractivity (Wildman–Crippen MR) is 59.5 cm³/mol. The van der Waals surface area contributed by atoms with Gasteiger partial charge >= 0.3 is 5.97 Å². The molecule has 0 aromatic carbocycles. The standard InChI is InChI=1S/C10H19NO2S/c1-7-3-2-4-8(5-7)14-6-9(11)10(12)13/h7-9H,2-6,11H2,1H3,(H,12,13)/t7?,8?,9-/m1/s1. The zero-order chi connectivity index (χ0) is 10.6. The Kier molecular flexibility index (Phi) is 4.75. The van der Waals surface area contributed by atoms with Crippen LogP contribution >= 0.6 is 11.8 Å². The third-order valence-corrected chi connectivity index (χ3v) is 4.17. The number of carbonyl (C=O) groups is 1. The fourth-order valence-electron chi connectivity index (χ4n) is 1.84. The first-order valence-electron chi connectivity index (χ1n) is 5.19. The molecule has 1 rings (SSSR count). The molecule has 0 heterocycles. The summed E-state index contributed by atoms with van der Waals surface area (Å²) in [6, 6.07) is -0.697. The smallest absolute Gasteiger partial charge is 0.321 e. The van der Waals surface area contributed by atoms with Crippen LogP contribution in [0.15, 0.2) is 0 Å². The van der Waals surface area contributed by atoms with Crippen molar-refractivity contribution < 1.29 is 9.90 Å². The highest BCUT2D eigenvalue weighted by Gasteiger charge is 2.21. The lowest BCUT2D eigenvalue weighted by Crippen LogP contribution is -2.33. The summed E-state index contributed by atoms with van der Waals surface area (Å²) in [4.78, 5) is 10.5. The lowest BCUT2D eigenvalue weighted by molar-refractivity contribution is -0.137. The van der Waals surface area contributed by atoms with E-state index in [-0.39, 0.29) is 0 Å². The van der Waals surface area contributed by atoms with Crippen molar-refractivity contribution in [3.05, 3.63) is 0 Å². The van der Waals surface area contributed by atoms with Crippen LogP contribution in [0, 0.1) is 5.92 Å². The minimum absolute atomic E-state index is 0.548. The molecule has 1 fully saturated rings. The minimum Gasteiger partial charge on any atom is -0.480 e. The van der Waals surface area contributed by atoms with E-state index in [0.29, 0.717) is 11.0 Å². The molecule has 3 N–H and O–H groups in total. The summed E-state index contributed by atoms with van der Waals surface area (Å²) < 4.78 is 0. The first kappa shape index (κ1) is 11.9. The van der Waals surface area contributed by atoms with E-state index in [2.05, 4.69) is 6.92 Å². The molecule has 1 aliphatic carbocycles. The molecule has 0 radical (unpaired) electrons. The molecular formula is C10H19NO2S. The first-order valence-corrected chi connectivity index (χ1v) is 6.24. The third kappa shape index (κ3) is 3.88. The van der Waals surface area contributed by atoms with Gasteiger partial charge in [0.15, 0.2) is 0 Å². The Morgan fingerprint density at radius 3 is 2.93 bits per heavy atom. The number of nitrogens with two attached hydrogens (primary N) is 1. The molecule has 1 aliphatic rings. The van der Waals surface area contributed by atoms with Crippen LogP contribution in [0.3, 0.4) is 0 Å². The number of hydrogen-bond donors (Lipinski definition) is 2. The fourth-order valence-corrected chi connectivity index (χ4v) is 3.26. The molecule has 3 atom stereocenters. The average molecular weight is 217 g/mol. The topological polar surface area (TPSA) is 63.3 Å². The van der Waals surface area contributed by atoms with E-state index < -0.39 is 12.0 Å². The summed E-state index contributed by atoms with van der Waals surface area (Å²) in [5, 5.41) is 9.25. The summed E-state index contributed by atoms with van der Waals surface area (Å²) >= 11 is 1.73. The van der Waals surface area contributed by atoms with Crippen LogP contribution < -0.4 is 5.73 Å². The van der Waals surface area contributed by atoms with Gasteiger partial charge in [0, 0.05) is 11.0 Å².